The molecule has 0 unspecified atom stereocenters. The molecule has 0 saturated carbocycles. The molecular weight excluding hydrogens is 292 g/mol. The number of hydrogen-bond donors (Lipinski definition) is 1. The molecule has 2 aromatic carbocycles. The van der Waals surface area contributed by atoms with E-state index in [1.165, 1.54) is 5.56 Å². The number of ether oxygens (including phenoxy) is 2. The highest BCUT2D eigenvalue weighted by molar-refractivity contribution is 5.77. The number of carbonyl (C=O) groups excluding carboxylic acids is 1. The van der Waals surface area contributed by atoms with Gasteiger partial charge in [0.05, 0.1) is 12.1 Å². The summed E-state index contributed by atoms with van der Waals surface area (Å²) in [6.07, 6.45) is 0. The molecule has 0 saturated heterocycles. The Morgan fingerprint density at radius 2 is 1.87 bits per heavy atom. The molecule has 1 N–H and O–H groups in total. The minimum absolute atomic E-state index is 0.136. The number of nitrogens with zero attached hydrogens (tertiary/aromatic N) is 1. The number of hydrogen-bond acceptors (Lipinski definition) is 4. The third-order valence-electron chi connectivity index (χ3n) is 3.08. The highest BCUT2D eigenvalue weighted by atomic mass is 16.5. The molecule has 0 heterocycles. The summed E-state index contributed by atoms with van der Waals surface area (Å²) in [6.45, 7) is 2.64. The lowest BCUT2D eigenvalue weighted by atomic mass is 10.2. The molecular formula is C18H18N2O3. The quantitative estimate of drug-likeness (QED) is 0.797. The predicted octanol–water partition coefficient (Wildman–Crippen LogP) is 2.44. The van der Waals surface area contributed by atoms with Crippen LogP contribution in [0, 0.1) is 18.3 Å². The van der Waals surface area contributed by atoms with Gasteiger partial charge in [-0.3, -0.25) is 4.79 Å². The molecule has 0 aliphatic rings. The van der Waals surface area contributed by atoms with Gasteiger partial charge in [0.15, 0.2) is 6.61 Å². The van der Waals surface area contributed by atoms with Gasteiger partial charge in [-0.2, -0.15) is 5.26 Å². The van der Waals surface area contributed by atoms with Crippen molar-refractivity contribution in [2.75, 3.05) is 19.8 Å². The Balaban J connectivity index is 1.67. The van der Waals surface area contributed by atoms with E-state index < -0.39 is 0 Å². The molecule has 1 amide bonds. The first-order valence-corrected chi connectivity index (χ1v) is 7.27. The first-order valence-electron chi connectivity index (χ1n) is 7.27. The lowest BCUT2D eigenvalue weighted by Crippen LogP contribution is -2.32. The van der Waals surface area contributed by atoms with Gasteiger partial charge in [-0.15, -0.1) is 0 Å². The largest absolute Gasteiger partial charge is 0.492 e. The number of para-hydroxylation sites is 1. The normalized spacial score (nSPS) is 9.74. The zero-order chi connectivity index (χ0) is 16.5. The van der Waals surface area contributed by atoms with Gasteiger partial charge in [0.2, 0.25) is 0 Å². The van der Waals surface area contributed by atoms with Crippen molar-refractivity contribution in [3.8, 4) is 17.6 Å². The van der Waals surface area contributed by atoms with Crippen LogP contribution in [-0.2, 0) is 4.79 Å². The second-order valence-electron chi connectivity index (χ2n) is 4.91. The van der Waals surface area contributed by atoms with E-state index in [1.54, 1.807) is 24.3 Å². The van der Waals surface area contributed by atoms with Crippen molar-refractivity contribution in [1.29, 1.82) is 5.26 Å². The molecule has 5 nitrogen and oxygen atoms in total. The first-order chi connectivity index (χ1) is 11.2. The van der Waals surface area contributed by atoms with Crippen LogP contribution in [-0.4, -0.2) is 25.7 Å². The van der Waals surface area contributed by atoms with Gasteiger partial charge in [0.25, 0.3) is 5.91 Å². The number of nitriles is 1. The second-order valence-corrected chi connectivity index (χ2v) is 4.91. The van der Waals surface area contributed by atoms with E-state index in [9.17, 15) is 4.79 Å². The van der Waals surface area contributed by atoms with Crippen LogP contribution in [0.2, 0.25) is 0 Å². The highest BCUT2D eigenvalue weighted by Crippen LogP contribution is 2.16. The molecule has 0 radical (unpaired) electrons. The lowest BCUT2D eigenvalue weighted by molar-refractivity contribution is -0.123. The van der Waals surface area contributed by atoms with E-state index in [4.69, 9.17) is 14.7 Å². The number of rotatable bonds is 7. The Bertz CT molecular complexity index is 690. The van der Waals surface area contributed by atoms with Crippen molar-refractivity contribution in [2.24, 2.45) is 0 Å². The van der Waals surface area contributed by atoms with Crippen molar-refractivity contribution < 1.29 is 14.3 Å². The summed E-state index contributed by atoms with van der Waals surface area (Å²) < 4.78 is 10.9. The standard InChI is InChI=1S/C18H18N2O3/c1-14-6-8-16(9-7-14)22-11-10-20-18(21)13-23-17-5-3-2-4-15(17)12-19/h2-9H,10-11,13H2,1H3,(H,20,21). The SMILES string of the molecule is Cc1ccc(OCCNC(=O)COc2ccccc2C#N)cc1. The fraction of sp³-hybridized carbons (Fsp3) is 0.222. The fourth-order valence-electron chi connectivity index (χ4n) is 1.87. The molecule has 0 aliphatic heterocycles. The molecule has 0 atom stereocenters. The third-order valence-corrected chi connectivity index (χ3v) is 3.08. The molecule has 2 aromatic rings. The molecule has 5 heteroatoms. The van der Waals surface area contributed by atoms with Crippen LogP contribution in [0.4, 0.5) is 0 Å². The zero-order valence-corrected chi connectivity index (χ0v) is 12.9. The summed E-state index contributed by atoms with van der Waals surface area (Å²) in [4.78, 5) is 11.7. The van der Waals surface area contributed by atoms with Crippen LogP contribution in [0.3, 0.4) is 0 Å². The first kappa shape index (κ1) is 16.4. The zero-order valence-electron chi connectivity index (χ0n) is 12.9. The molecule has 0 spiro atoms. The van der Waals surface area contributed by atoms with E-state index >= 15 is 0 Å². The summed E-state index contributed by atoms with van der Waals surface area (Å²) in [7, 11) is 0. The van der Waals surface area contributed by atoms with E-state index in [1.807, 2.05) is 37.3 Å². The highest BCUT2D eigenvalue weighted by Gasteiger charge is 2.05. The Hall–Kier alpha value is -3.00. The second kappa shape index (κ2) is 8.44. The maximum absolute atomic E-state index is 11.7. The summed E-state index contributed by atoms with van der Waals surface area (Å²) >= 11 is 0. The number of amides is 1. The summed E-state index contributed by atoms with van der Waals surface area (Å²) in [6, 6.07) is 16.5. The minimum atomic E-state index is -0.259. The Labute approximate surface area is 135 Å². The summed E-state index contributed by atoms with van der Waals surface area (Å²) in [5, 5.41) is 11.6. The number of benzene rings is 2. The number of carbonyl (C=O) groups is 1. The van der Waals surface area contributed by atoms with Crippen LogP contribution >= 0.6 is 0 Å². The van der Waals surface area contributed by atoms with Crippen LogP contribution in [0.25, 0.3) is 0 Å². The Morgan fingerprint density at radius 3 is 2.61 bits per heavy atom. The molecule has 118 valence electrons. The monoisotopic (exact) mass is 310 g/mol. The maximum atomic E-state index is 11.7. The number of aryl methyl sites for hydroxylation is 1. The van der Waals surface area contributed by atoms with Gasteiger partial charge in [-0.1, -0.05) is 29.8 Å². The molecule has 2 rings (SSSR count). The van der Waals surface area contributed by atoms with E-state index in [0.29, 0.717) is 24.5 Å². The molecule has 0 aromatic heterocycles. The molecule has 0 bridgehead atoms. The van der Waals surface area contributed by atoms with Gasteiger partial charge in [0.1, 0.15) is 24.2 Å². The van der Waals surface area contributed by atoms with Crippen molar-refractivity contribution in [1.82, 2.24) is 5.32 Å². The number of nitrogens with one attached hydrogen (secondary N) is 1. The van der Waals surface area contributed by atoms with Gasteiger partial charge >= 0.3 is 0 Å². The van der Waals surface area contributed by atoms with Crippen molar-refractivity contribution in [2.45, 2.75) is 6.92 Å². The topological polar surface area (TPSA) is 71.3 Å². The fourth-order valence-corrected chi connectivity index (χ4v) is 1.87. The Kier molecular flexibility index (Phi) is 6.01. The molecule has 0 aliphatic carbocycles. The average Bonchev–Trinajstić information content (AvgIpc) is 2.58. The van der Waals surface area contributed by atoms with Crippen LogP contribution < -0.4 is 14.8 Å². The molecule has 23 heavy (non-hydrogen) atoms. The van der Waals surface area contributed by atoms with Crippen LogP contribution in [0.1, 0.15) is 11.1 Å². The summed E-state index contributed by atoms with van der Waals surface area (Å²) in [5.41, 5.74) is 1.57. The molecule has 0 fully saturated rings. The maximum Gasteiger partial charge on any atom is 0.258 e. The predicted molar refractivity (Wildman–Crippen MR) is 86.3 cm³/mol. The van der Waals surface area contributed by atoms with Crippen LogP contribution in [0.5, 0.6) is 11.5 Å². The van der Waals surface area contributed by atoms with Crippen molar-refractivity contribution >= 4 is 5.91 Å². The van der Waals surface area contributed by atoms with E-state index in [0.717, 1.165) is 5.75 Å². The summed E-state index contributed by atoms with van der Waals surface area (Å²) in [5.74, 6) is 0.912. The van der Waals surface area contributed by atoms with E-state index in [-0.39, 0.29) is 12.5 Å². The lowest BCUT2D eigenvalue weighted by Gasteiger charge is -2.09. The third kappa shape index (κ3) is 5.36. The van der Waals surface area contributed by atoms with Gasteiger partial charge < -0.3 is 14.8 Å². The van der Waals surface area contributed by atoms with Crippen molar-refractivity contribution in [3.63, 3.8) is 0 Å². The van der Waals surface area contributed by atoms with E-state index in [2.05, 4.69) is 5.32 Å². The van der Waals surface area contributed by atoms with Gasteiger partial charge in [-0.05, 0) is 31.2 Å². The van der Waals surface area contributed by atoms with Gasteiger partial charge in [-0.25, -0.2) is 0 Å². The smallest absolute Gasteiger partial charge is 0.258 e. The average molecular weight is 310 g/mol. The van der Waals surface area contributed by atoms with Gasteiger partial charge in [0, 0.05) is 0 Å². The van der Waals surface area contributed by atoms with Crippen LogP contribution in [0.15, 0.2) is 48.5 Å². The Morgan fingerprint density at radius 1 is 1.13 bits per heavy atom. The minimum Gasteiger partial charge on any atom is -0.492 e. The van der Waals surface area contributed by atoms with Crippen molar-refractivity contribution in [3.05, 3.63) is 59.7 Å².